The topological polar surface area (TPSA) is 166 Å². The van der Waals surface area contributed by atoms with Gasteiger partial charge in [0.05, 0.1) is 23.4 Å². The van der Waals surface area contributed by atoms with Crippen molar-refractivity contribution in [2.24, 2.45) is 5.73 Å². The lowest BCUT2D eigenvalue weighted by molar-refractivity contribution is -0.385. The largest absolute Gasteiger partial charge is 0.365 e. The van der Waals surface area contributed by atoms with Crippen LogP contribution in [0.15, 0.2) is 45.8 Å². The zero-order chi connectivity index (χ0) is 20.8. The summed E-state index contributed by atoms with van der Waals surface area (Å²) in [4.78, 5) is 57.4. The van der Waals surface area contributed by atoms with Crippen LogP contribution in [-0.4, -0.2) is 33.8 Å². The molecule has 28 heavy (non-hydrogen) atoms. The molecule has 4 N–H and O–H groups in total. The quantitative estimate of drug-likeness (QED) is 0.406. The van der Waals surface area contributed by atoms with E-state index in [4.69, 9.17) is 5.73 Å². The SMILES string of the molecule is NC(=O)c1cc([N+](=O)[O-])cn(CC(=O)NCC(=O)Nc2ccccc2Br)c1=O. The van der Waals surface area contributed by atoms with Crippen LogP contribution in [0.5, 0.6) is 0 Å². The Morgan fingerprint density at radius 3 is 2.50 bits per heavy atom. The van der Waals surface area contributed by atoms with E-state index >= 15 is 0 Å². The fraction of sp³-hybridized carbons (Fsp3) is 0.125. The molecule has 3 amide bonds. The van der Waals surface area contributed by atoms with Crippen LogP contribution in [-0.2, 0) is 16.1 Å². The second kappa shape index (κ2) is 8.90. The van der Waals surface area contributed by atoms with E-state index in [0.29, 0.717) is 14.7 Å². The Labute approximate surface area is 165 Å². The summed E-state index contributed by atoms with van der Waals surface area (Å²) in [6.45, 7) is -1.03. The first-order valence-electron chi connectivity index (χ1n) is 7.68. The molecule has 0 saturated carbocycles. The summed E-state index contributed by atoms with van der Waals surface area (Å²) in [6, 6.07) is 7.59. The molecule has 1 aromatic heterocycles. The number of amides is 3. The molecule has 0 unspecified atom stereocenters. The van der Waals surface area contributed by atoms with Gasteiger partial charge in [0, 0.05) is 10.5 Å². The minimum Gasteiger partial charge on any atom is -0.365 e. The van der Waals surface area contributed by atoms with Crippen molar-refractivity contribution in [2.75, 3.05) is 11.9 Å². The maximum Gasteiger partial charge on any atom is 0.286 e. The number of hydrogen-bond donors (Lipinski definition) is 3. The zero-order valence-corrected chi connectivity index (χ0v) is 15.8. The number of benzene rings is 1. The smallest absolute Gasteiger partial charge is 0.286 e. The van der Waals surface area contributed by atoms with Gasteiger partial charge in [-0.1, -0.05) is 12.1 Å². The minimum absolute atomic E-state index is 0.396. The van der Waals surface area contributed by atoms with Crippen LogP contribution in [0.3, 0.4) is 0 Å². The number of aromatic nitrogens is 1. The summed E-state index contributed by atoms with van der Waals surface area (Å²) in [5, 5.41) is 15.8. The minimum atomic E-state index is -1.16. The van der Waals surface area contributed by atoms with Crippen LogP contribution in [0.2, 0.25) is 0 Å². The molecule has 2 rings (SSSR count). The van der Waals surface area contributed by atoms with E-state index in [-0.39, 0.29) is 0 Å². The maximum atomic E-state index is 12.1. The van der Waals surface area contributed by atoms with Crippen LogP contribution in [0.1, 0.15) is 10.4 Å². The van der Waals surface area contributed by atoms with Crippen LogP contribution < -0.4 is 21.9 Å². The van der Waals surface area contributed by atoms with Gasteiger partial charge in [0.1, 0.15) is 12.1 Å². The number of rotatable bonds is 7. The molecule has 0 aliphatic carbocycles. The number of carbonyl (C=O) groups is 3. The fourth-order valence-electron chi connectivity index (χ4n) is 2.16. The molecule has 146 valence electrons. The van der Waals surface area contributed by atoms with Crippen molar-refractivity contribution in [3.05, 3.63) is 67.0 Å². The highest BCUT2D eigenvalue weighted by atomic mass is 79.9. The van der Waals surface area contributed by atoms with Crippen LogP contribution >= 0.6 is 15.9 Å². The number of nitrogens with zero attached hydrogens (tertiary/aromatic N) is 2. The Hall–Kier alpha value is -3.54. The van der Waals surface area contributed by atoms with Crippen LogP contribution in [0, 0.1) is 10.1 Å². The Morgan fingerprint density at radius 2 is 1.89 bits per heavy atom. The highest BCUT2D eigenvalue weighted by Gasteiger charge is 2.19. The third kappa shape index (κ3) is 5.23. The van der Waals surface area contributed by atoms with Crippen molar-refractivity contribution in [1.29, 1.82) is 0 Å². The zero-order valence-electron chi connectivity index (χ0n) is 14.2. The molecule has 0 radical (unpaired) electrons. The third-order valence-electron chi connectivity index (χ3n) is 3.46. The molecule has 2 aromatic rings. The number of nitrogens with two attached hydrogens (primary N) is 1. The van der Waals surface area contributed by atoms with E-state index < -0.39 is 52.5 Å². The summed E-state index contributed by atoms with van der Waals surface area (Å²) >= 11 is 3.26. The Bertz CT molecular complexity index is 1020. The van der Waals surface area contributed by atoms with Gasteiger partial charge >= 0.3 is 0 Å². The molecule has 0 saturated heterocycles. The lowest BCUT2D eigenvalue weighted by atomic mass is 10.2. The first kappa shape index (κ1) is 20.8. The molecular weight excluding hydrogens is 438 g/mol. The summed E-state index contributed by atoms with van der Waals surface area (Å²) in [6.07, 6.45) is 0.815. The van der Waals surface area contributed by atoms with Crippen molar-refractivity contribution in [3.8, 4) is 0 Å². The van der Waals surface area contributed by atoms with E-state index in [1.807, 2.05) is 0 Å². The standard InChI is InChI=1S/C16H14BrN5O6/c17-11-3-1-2-4-12(11)20-13(23)6-19-14(24)8-21-7-9(22(27)28)5-10(15(18)25)16(21)26/h1-5,7H,6,8H2,(H2,18,25)(H,19,24)(H,20,23). The predicted molar refractivity (Wildman–Crippen MR) is 102 cm³/mol. The number of pyridine rings is 1. The normalized spacial score (nSPS) is 10.2. The van der Waals surface area contributed by atoms with Gasteiger partial charge in [-0.3, -0.25) is 33.9 Å². The average molecular weight is 452 g/mol. The van der Waals surface area contributed by atoms with Gasteiger partial charge < -0.3 is 16.4 Å². The number of carbonyl (C=O) groups excluding carboxylic acids is 3. The molecule has 11 nitrogen and oxygen atoms in total. The molecule has 0 aliphatic heterocycles. The maximum absolute atomic E-state index is 12.1. The third-order valence-corrected chi connectivity index (χ3v) is 4.15. The number of anilines is 1. The van der Waals surface area contributed by atoms with Gasteiger partial charge in [-0.05, 0) is 28.1 Å². The highest BCUT2D eigenvalue weighted by Crippen LogP contribution is 2.20. The Balaban J connectivity index is 2.06. The molecule has 1 aromatic carbocycles. The lowest BCUT2D eigenvalue weighted by Crippen LogP contribution is -2.38. The molecule has 12 heteroatoms. The Kier molecular flexibility index (Phi) is 6.60. The van der Waals surface area contributed by atoms with Gasteiger partial charge in [0.2, 0.25) is 11.8 Å². The summed E-state index contributed by atoms with van der Waals surface area (Å²) in [5.74, 6) is -2.44. The first-order valence-corrected chi connectivity index (χ1v) is 8.48. The van der Waals surface area contributed by atoms with Gasteiger partial charge in [-0.25, -0.2) is 0 Å². The molecule has 0 fully saturated rings. The van der Waals surface area contributed by atoms with Gasteiger partial charge in [-0.2, -0.15) is 0 Å². The van der Waals surface area contributed by atoms with Crippen molar-refractivity contribution >= 4 is 45.0 Å². The van der Waals surface area contributed by atoms with E-state index in [2.05, 4.69) is 26.6 Å². The molecule has 1 heterocycles. The van der Waals surface area contributed by atoms with Gasteiger partial charge in [0.25, 0.3) is 17.2 Å². The van der Waals surface area contributed by atoms with Crippen LogP contribution in [0.25, 0.3) is 0 Å². The number of para-hydroxylation sites is 1. The average Bonchev–Trinajstić information content (AvgIpc) is 2.63. The van der Waals surface area contributed by atoms with Crippen molar-refractivity contribution in [2.45, 2.75) is 6.54 Å². The molecular formula is C16H14BrN5O6. The summed E-state index contributed by atoms with van der Waals surface area (Å²) in [7, 11) is 0. The second-order valence-corrected chi connectivity index (χ2v) is 6.33. The van der Waals surface area contributed by atoms with Gasteiger partial charge in [-0.15, -0.1) is 0 Å². The van der Waals surface area contributed by atoms with Crippen molar-refractivity contribution in [3.63, 3.8) is 0 Å². The lowest BCUT2D eigenvalue weighted by Gasteiger charge is -2.10. The highest BCUT2D eigenvalue weighted by molar-refractivity contribution is 9.10. The fourth-order valence-corrected chi connectivity index (χ4v) is 2.54. The van der Waals surface area contributed by atoms with E-state index in [0.717, 1.165) is 12.3 Å². The van der Waals surface area contributed by atoms with E-state index in [1.165, 1.54) is 0 Å². The number of hydrogen-bond acceptors (Lipinski definition) is 6. The van der Waals surface area contributed by atoms with Gasteiger partial charge in [0.15, 0.2) is 0 Å². The van der Waals surface area contributed by atoms with Crippen molar-refractivity contribution < 1.29 is 19.3 Å². The van der Waals surface area contributed by atoms with Crippen LogP contribution in [0.4, 0.5) is 11.4 Å². The van der Waals surface area contributed by atoms with E-state index in [9.17, 15) is 29.3 Å². The monoisotopic (exact) mass is 451 g/mol. The summed E-state index contributed by atoms with van der Waals surface area (Å²) < 4.78 is 1.33. The van der Waals surface area contributed by atoms with E-state index in [1.54, 1.807) is 24.3 Å². The molecule has 0 aliphatic rings. The number of halogens is 1. The molecule has 0 bridgehead atoms. The van der Waals surface area contributed by atoms with Crippen molar-refractivity contribution in [1.82, 2.24) is 9.88 Å². The number of nitrogens with one attached hydrogen (secondary N) is 2. The number of primary amides is 1. The predicted octanol–water partition coefficient (Wildman–Crippen LogP) is 0.373. The molecule has 0 spiro atoms. The Morgan fingerprint density at radius 1 is 1.21 bits per heavy atom. The molecule has 0 atom stereocenters. The number of nitro groups is 1. The summed E-state index contributed by atoms with van der Waals surface area (Å²) in [5.41, 5.74) is 3.39. The second-order valence-electron chi connectivity index (χ2n) is 5.47. The first-order chi connectivity index (χ1) is 13.2.